The van der Waals surface area contributed by atoms with Crippen molar-refractivity contribution in [3.63, 3.8) is 0 Å². The molecule has 3 rings (SSSR count). The predicted octanol–water partition coefficient (Wildman–Crippen LogP) is 4.76. The maximum atomic E-state index is 3.99. The van der Waals surface area contributed by atoms with Gasteiger partial charge in [0.1, 0.15) is 0 Å². The fourth-order valence-corrected chi connectivity index (χ4v) is 4.76. The Labute approximate surface area is 119 Å². The summed E-state index contributed by atoms with van der Waals surface area (Å²) >= 11 is 0. The van der Waals surface area contributed by atoms with Crippen molar-refractivity contribution in [3.8, 4) is 0 Å². The van der Waals surface area contributed by atoms with Gasteiger partial charge in [-0.1, -0.05) is 58.8 Å². The summed E-state index contributed by atoms with van der Waals surface area (Å²) in [5.74, 6) is 3.02. The highest BCUT2D eigenvalue weighted by atomic mass is 14.9. The normalized spacial score (nSPS) is 39.2. The topological polar surface area (TPSA) is 12.0 Å². The Kier molecular flexibility index (Phi) is 4.22. The van der Waals surface area contributed by atoms with E-state index in [1.165, 1.54) is 70.8 Å². The second-order valence-electron chi connectivity index (χ2n) is 8.25. The minimum atomic E-state index is 0.641. The highest BCUT2D eigenvalue weighted by Crippen LogP contribution is 2.51. The lowest BCUT2D eigenvalue weighted by molar-refractivity contribution is 0.148. The van der Waals surface area contributed by atoms with Gasteiger partial charge in [-0.25, -0.2) is 0 Å². The van der Waals surface area contributed by atoms with Crippen molar-refractivity contribution in [1.29, 1.82) is 0 Å². The standard InChI is InChI=1S/C18H33N/c1-18(2)12-15(18)13-19-17-11-7-6-10-16(17)14-8-4-3-5-9-14/h14-17,19H,3-13H2,1-2H3. The molecular weight excluding hydrogens is 230 g/mol. The van der Waals surface area contributed by atoms with E-state index in [2.05, 4.69) is 19.2 Å². The summed E-state index contributed by atoms with van der Waals surface area (Å²) < 4.78 is 0. The number of rotatable bonds is 4. The molecule has 3 atom stereocenters. The van der Waals surface area contributed by atoms with E-state index in [4.69, 9.17) is 0 Å². The second-order valence-corrected chi connectivity index (χ2v) is 8.25. The summed E-state index contributed by atoms with van der Waals surface area (Å²) in [6.45, 7) is 6.15. The third-order valence-corrected chi connectivity index (χ3v) is 6.42. The van der Waals surface area contributed by atoms with Crippen LogP contribution in [-0.4, -0.2) is 12.6 Å². The van der Waals surface area contributed by atoms with Crippen LogP contribution in [0.15, 0.2) is 0 Å². The molecule has 0 aromatic rings. The summed E-state index contributed by atoms with van der Waals surface area (Å²) in [4.78, 5) is 0. The maximum Gasteiger partial charge on any atom is 0.00980 e. The highest BCUT2D eigenvalue weighted by molar-refractivity contribution is 4.97. The quantitative estimate of drug-likeness (QED) is 0.771. The average Bonchev–Trinajstić information content (AvgIpc) is 3.05. The van der Waals surface area contributed by atoms with E-state index >= 15 is 0 Å². The zero-order chi connectivity index (χ0) is 13.3. The van der Waals surface area contributed by atoms with Crippen molar-refractivity contribution in [1.82, 2.24) is 5.32 Å². The molecule has 110 valence electrons. The molecule has 3 fully saturated rings. The van der Waals surface area contributed by atoms with Crippen LogP contribution in [0.2, 0.25) is 0 Å². The summed E-state index contributed by atoms with van der Waals surface area (Å²) in [7, 11) is 0. The van der Waals surface area contributed by atoms with Crippen molar-refractivity contribution in [2.45, 2.75) is 84.1 Å². The molecule has 0 aromatic carbocycles. The Morgan fingerprint density at radius 1 is 0.895 bits per heavy atom. The van der Waals surface area contributed by atoms with Crippen LogP contribution in [-0.2, 0) is 0 Å². The monoisotopic (exact) mass is 263 g/mol. The largest absolute Gasteiger partial charge is 0.313 e. The van der Waals surface area contributed by atoms with Crippen molar-refractivity contribution in [2.24, 2.45) is 23.2 Å². The Balaban J connectivity index is 1.51. The Bertz CT molecular complexity index is 290. The molecule has 19 heavy (non-hydrogen) atoms. The first-order valence-corrected chi connectivity index (χ1v) is 8.90. The number of hydrogen-bond acceptors (Lipinski definition) is 1. The van der Waals surface area contributed by atoms with E-state index in [9.17, 15) is 0 Å². The predicted molar refractivity (Wildman–Crippen MR) is 82.2 cm³/mol. The summed E-state index contributed by atoms with van der Waals surface area (Å²) in [5, 5.41) is 3.99. The van der Waals surface area contributed by atoms with E-state index in [-0.39, 0.29) is 0 Å². The van der Waals surface area contributed by atoms with Crippen molar-refractivity contribution in [2.75, 3.05) is 6.54 Å². The van der Waals surface area contributed by atoms with Gasteiger partial charge in [-0.05, 0) is 49.0 Å². The van der Waals surface area contributed by atoms with Gasteiger partial charge in [0.15, 0.2) is 0 Å². The van der Waals surface area contributed by atoms with Gasteiger partial charge in [-0.3, -0.25) is 0 Å². The van der Waals surface area contributed by atoms with Gasteiger partial charge in [0, 0.05) is 6.04 Å². The van der Waals surface area contributed by atoms with Gasteiger partial charge in [0.05, 0.1) is 0 Å². The van der Waals surface area contributed by atoms with E-state index < -0.39 is 0 Å². The van der Waals surface area contributed by atoms with Crippen LogP contribution in [0.25, 0.3) is 0 Å². The first-order valence-electron chi connectivity index (χ1n) is 8.90. The molecule has 1 nitrogen and oxygen atoms in total. The zero-order valence-electron chi connectivity index (χ0n) is 13.1. The molecular formula is C18H33N. The Morgan fingerprint density at radius 2 is 1.53 bits per heavy atom. The van der Waals surface area contributed by atoms with Crippen LogP contribution in [0.1, 0.15) is 78.1 Å². The molecule has 3 unspecified atom stereocenters. The molecule has 3 saturated carbocycles. The van der Waals surface area contributed by atoms with Crippen LogP contribution >= 0.6 is 0 Å². The molecule has 0 spiro atoms. The van der Waals surface area contributed by atoms with E-state index in [0.717, 1.165) is 23.8 Å². The molecule has 3 aliphatic carbocycles. The Hall–Kier alpha value is -0.0400. The average molecular weight is 263 g/mol. The fourth-order valence-electron chi connectivity index (χ4n) is 4.76. The van der Waals surface area contributed by atoms with Crippen LogP contribution in [0.4, 0.5) is 0 Å². The van der Waals surface area contributed by atoms with Gasteiger partial charge in [0.2, 0.25) is 0 Å². The lowest BCUT2D eigenvalue weighted by Crippen LogP contribution is -2.43. The molecule has 3 aliphatic rings. The molecule has 1 heteroatoms. The van der Waals surface area contributed by atoms with Crippen molar-refractivity contribution in [3.05, 3.63) is 0 Å². The smallest absolute Gasteiger partial charge is 0.00980 e. The van der Waals surface area contributed by atoms with E-state index in [1.807, 2.05) is 0 Å². The van der Waals surface area contributed by atoms with Gasteiger partial charge >= 0.3 is 0 Å². The summed E-state index contributed by atoms with van der Waals surface area (Å²) in [5.41, 5.74) is 0.641. The van der Waals surface area contributed by atoms with Crippen LogP contribution in [0.5, 0.6) is 0 Å². The summed E-state index contributed by atoms with van der Waals surface area (Å²) in [6.07, 6.45) is 14.9. The van der Waals surface area contributed by atoms with Gasteiger partial charge < -0.3 is 5.32 Å². The number of nitrogens with one attached hydrogen (secondary N) is 1. The molecule has 0 radical (unpaired) electrons. The number of hydrogen-bond donors (Lipinski definition) is 1. The molecule has 0 aliphatic heterocycles. The zero-order valence-corrected chi connectivity index (χ0v) is 13.1. The van der Waals surface area contributed by atoms with Crippen molar-refractivity contribution < 1.29 is 0 Å². The minimum absolute atomic E-state index is 0.641. The van der Waals surface area contributed by atoms with Gasteiger partial charge in [-0.2, -0.15) is 0 Å². The lowest BCUT2D eigenvalue weighted by atomic mass is 9.71. The minimum Gasteiger partial charge on any atom is -0.313 e. The third kappa shape index (κ3) is 3.35. The molecule has 0 amide bonds. The second kappa shape index (κ2) is 5.76. The first-order chi connectivity index (χ1) is 9.17. The summed E-state index contributed by atoms with van der Waals surface area (Å²) in [6, 6.07) is 0.855. The first kappa shape index (κ1) is 13.9. The molecule has 0 aromatic heterocycles. The van der Waals surface area contributed by atoms with Crippen LogP contribution in [0, 0.1) is 23.2 Å². The van der Waals surface area contributed by atoms with Crippen LogP contribution < -0.4 is 5.32 Å². The lowest BCUT2D eigenvalue weighted by Gasteiger charge is -2.39. The van der Waals surface area contributed by atoms with Gasteiger partial charge in [0.25, 0.3) is 0 Å². The van der Waals surface area contributed by atoms with Crippen LogP contribution in [0.3, 0.4) is 0 Å². The molecule has 0 bridgehead atoms. The Morgan fingerprint density at radius 3 is 2.21 bits per heavy atom. The SMILES string of the molecule is CC1(C)CC1CNC1CCCCC1C1CCCCC1. The molecule has 0 heterocycles. The highest BCUT2D eigenvalue weighted by Gasteiger charge is 2.45. The molecule has 0 saturated heterocycles. The van der Waals surface area contributed by atoms with Crippen molar-refractivity contribution >= 4 is 0 Å². The van der Waals surface area contributed by atoms with E-state index in [1.54, 1.807) is 0 Å². The molecule has 1 N–H and O–H groups in total. The fraction of sp³-hybridized carbons (Fsp3) is 1.00. The van der Waals surface area contributed by atoms with Gasteiger partial charge in [-0.15, -0.1) is 0 Å². The van der Waals surface area contributed by atoms with E-state index in [0.29, 0.717) is 5.41 Å². The maximum absolute atomic E-state index is 3.99. The third-order valence-electron chi connectivity index (χ3n) is 6.42.